The molecule has 1 aromatic rings. The molecule has 0 atom stereocenters. The van der Waals surface area contributed by atoms with Gasteiger partial charge in [-0.3, -0.25) is 9.58 Å². The molecule has 0 bridgehead atoms. The smallest absolute Gasteiger partial charge is 0.0738 e. The predicted octanol–water partition coefficient (Wildman–Crippen LogP) is 0.0208. The van der Waals surface area contributed by atoms with Crippen molar-refractivity contribution in [2.75, 3.05) is 13.1 Å². The maximum absolute atomic E-state index is 3.87. The zero-order valence-electron chi connectivity index (χ0n) is 6.69. The van der Waals surface area contributed by atoms with Crippen molar-refractivity contribution in [2.45, 2.75) is 13.0 Å². The Balaban J connectivity index is 1.99. The SMILES string of the molecule is Cn1nncc1CN1CCC1. The number of rotatable bonds is 2. The lowest BCUT2D eigenvalue weighted by Gasteiger charge is -2.30. The average molecular weight is 152 g/mol. The Morgan fingerprint density at radius 1 is 1.55 bits per heavy atom. The van der Waals surface area contributed by atoms with Gasteiger partial charge in [0.25, 0.3) is 0 Å². The van der Waals surface area contributed by atoms with Gasteiger partial charge in [0.05, 0.1) is 11.9 Å². The first-order valence-corrected chi connectivity index (χ1v) is 3.92. The lowest BCUT2D eigenvalue weighted by atomic mass is 10.2. The van der Waals surface area contributed by atoms with Gasteiger partial charge in [-0.25, -0.2) is 0 Å². The van der Waals surface area contributed by atoms with Gasteiger partial charge in [0.15, 0.2) is 0 Å². The average Bonchev–Trinajstić information content (AvgIpc) is 2.27. The van der Waals surface area contributed by atoms with Crippen LogP contribution < -0.4 is 0 Å². The molecular formula is C7H12N4. The summed E-state index contributed by atoms with van der Waals surface area (Å²) < 4.78 is 1.83. The zero-order valence-corrected chi connectivity index (χ0v) is 6.69. The van der Waals surface area contributed by atoms with Crippen LogP contribution in [0.4, 0.5) is 0 Å². The molecule has 0 aromatic carbocycles. The molecule has 0 saturated carbocycles. The van der Waals surface area contributed by atoms with Crippen LogP contribution in [0, 0.1) is 0 Å². The molecule has 0 spiro atoms. The minimum atomic E-state index is 1.00. The Hall–Kier alpha value is -0.900. The van der Waals surface area contributed by atoms with E-state index in [1.54, 1.807) is 0 Å². The number of aromatic nitrogens is 3. The van der Waals surface area contributed by atoms with Crippen LogP contribution in [0.1, 0.15) is 12.1 Å². The van der Waals surface area contributed by atoms with E-state index in [0.29, 0.717) is 0 Å². The fourth-order valence-corrected chi connectivity index (χ4v) is 1.22. The quantitative estimate of drug-likeness (QED) is 0.599. The summed E-state index contributed by atoms with van der Waals surface area (Å²) in [6, 6.07) is 0. The van der Waals surface area contributed by atoms with E-state index in [9.17, 15) is 0 Å². The number of likely N-dealkylation sites (tertiary alicyclic amines) is 1. The van der Waals surface area contributed by atoms with Gasteiger partial charge in [-0.1, -0.05) is 5.21 Å². The first-order chi connectivity index (χ1) is 5.36. The van der Waals surface area contributed by atoms with Crippen molar-refractivity contribution in [1.29, 1.82) is 0 Å². The lowest BCUT2D eigenvalue weighted by molar-refractivity contribution is 0.168. The lowest BCUT2D eigenvalue weighted by Crippen LogP contribution is -2.36. The van der Waals surface area contributed by atoms with E-state index in [4.69, 9.17) is 0 Å². The van der Waals surface area contributed by atoms with Crippen molar-refractivity contribution in [1.82, 2.24) is 19.9 Å². The molecule has 1 aliphatic heterocycles. The van der Waals surface area contributed by atoms with Gasteiger partial charge in [0.1, 0.15) is 0 Å². The van der Waals surface area contributed by atoms with Crippen LogP contribution in [-0.4, -0.2) is 33.0 Å². The highest BCUT2D eigenvalue weighted by Crippen LogP contribution is 2.09. The van der Waals surface area contributed by atoms with Crippen LogP contribution in [0.5, 0.6) is 0 Å². The molecule has 0 N–H and O–H groups in total. The largest absolute Gasteiger partial charge is 0.297 e. The molecule has 1 saturated heterocycles. The van der Waals surface area contributed by atoms with Crippen molar-refractivity contribution < 1.29 is 0 Å². The van der Waals surface area contributed by atoms with Gasteiger partial charge in [0.2, 0.25) is 0 Å². The monoisotopic (exact) mass is 152 g/mol. The summed E-state index contributed by atoms with van der Waals surface area (Å²) >= 11 is 0. The summed E-state index contributed by atoms with van der Waals surface area (Å²) in [5, 5.41) is 7.69. The van der Waals surface area contributed by atoms with E-state index in [1.165, 1.54) is 25.2 Å². The third-order valence-electron chi connectivity index (χ3n) is 2.14. The summed E-state index contributed by atoms with van der Waals surface area (Å²) in [7, 11) is 1.93. The maximum atomic E-state index is 3.87. The molecule has 1 aromatic heterocycles. The molecule has 1 fully saturated rings. The first-order valence-electron chi connectivity index (χ1n) is 3.92. The Bertz CT molecular complexity index is 238. The van der Waals surface area contributed by atoms with Crippen molar-refractivity contribution in [3.63, 3.8) is 0 Å². The number of hydrogen-bond acceptors (Lipinski definition) is 3. The number of aryl methyl sites for hydroxylation is 1. The summed E-state index contributed by atoms with van der Waals surface area (Å²) in [5.41, 5.74) is 1.20. The highest BCUT2D eigenvalue weighted by molar-refractivity contribution is 4.94. The van der Waals surface area contributed by atoms with E-state index in [-0.39, 0.29) is 0 Å². The summed E-state index contributed by atoms with van der Waals surface area (Å²) in [6.07, 6.45) is 3.17. The molecule has 2 heterocycles. The van der Waals surface area contributed by atoms with E-state index in [1.807, 2.05) is 17.9 Å². The van der Waals surface area contributed by atoms with Crippen LogP contribution in [0.15, 0.2) is 6.20 Å². The molecule has 2 rings (SSSR count). The summed E-state index contributed by atoms with van der Waals surface area (Å²) in [6.45, 7) is 3.46. The zero-order chi connectivity index (χ0) is 7.68. The molecule has 1 aliphatic rings. The Morgan fingerprint density at radius 2 is 2.36 bits per heavy atom. The van der Waals surface area contributed by atoms with Crippen molar-refractivity contribution in [2.24, 2.45) is 7.05 Å². The Morgan fingerprint density at radius 3 is 2.82 bits per heavy atom. The maximum Gasteiger partial charge on any atom is 0.0738 e. The van der Waals surface area contributed by atoms with E-state index < -0.39 is 0 Å². The Labute approximate surface area is 65.8 Å². The standard InChI is InChI=1S/C7H12N4/c1-10-7(5-8-9-10)6-11-3-2-4-11/h5H,2-4,6H2,1H3. The molecule has 60 valence electrons. The second-order valence-corrected chi connectivity index (χ2v) is 2.98. The van der Waals surface area contributed by atoms with E-state index in [0.717, 1.165) is 6.54 Å². The van der Waals surface area contributed by atoms with Crippen molar-refractivity contribution >= 4 is 0 Å². The van der Waals surface area contributed by atoms with Crippen molar-refractivity contribution in [3.8, 4) is 0 Å². The van der Waals surface area contributed by atoms with Gasteiger partial charge in [0, 0.05) is 13.6 Å². The summed E-state index contributed by atoms with van der Waals surface area (Å²) in [5.74, 6) is 0. The van der Waals surface area contributed by atoms with Gasteiger partial charge in [-0.15, -0.1) is 5.10 Å². The van der Waals surface area contributed by atoms with Crippen LogP contribution >= 0.6 is 0 Å². The molecule has 0 aliphatic carbocycles. The van der Waals surface area contributed by atoms with Crippen LogP contribution in [-0.2, 0) is 13.6 Å². The minimum Gasteiger partial charge on any atom is -0.297 e. The highest BCUT2D eigenvalue weighted by atomic mass is 15.4. The molecule has 4 nitrogen and oxygen atoms in total. The summed E-state index contributed by atoms with van der Waals surface area (Å²) in [4.78, 5) is 2.39. The van der Waals surface area contributed by atoms with Crippen molar-refractivity contribution in [3.05, 3.63) is 11.9 Å². The van der Waals surface area contributed by atoms with E-state index in [2.05, 4.69) is 15.2 Å². The normalized spacial score (nSPS) is 18.3. The molecule has 11 heavy (non-hydrogen) atoms. The fourth-order valence-electron chi connectivity index (χ4n) is 1.22. The van der Waals surface area contributed by atoms with Gasteiger partial charge < -0.3 is 0 Å². The second kappa shape index (κ2) is 2.62. The third-order valence-corrected chi connectivity index (χ3v) is 2.14. The predicted molar refractivity (Wildman–Crippen MR) is 40.9 cm³/mol. The minimum absolute atomic E-state index is 1.00. The molecule has 0 radical (unpaired) electrons. The number of hydrogen-bond donors (Lipinski definition) is 0. The molecule has 0 amide bonds. The molecule has 0 unspecified atom stereocenters. The number of nitrogens with zero attached hydrogens (tertiary/aromatic N) is 4. The third kappa shape index (κ3) is 1.26. The van der Waals surface area contributed by atoms with Crippen LogP contribution in [0.3, 0.4) is 0 Å². The fraction of sp³-hybridized carbons (Fsp3) is 0.714. The van der Waals surface area contributed by atoms with Crippen LogP contribution in [0.25, 0.3) is 0 Å². The van der Waals surface area contributed by atoms with Crippen LogP contribution in [0.2, 0.25) is 0 Å². The van der Waals surface area contributed by atoms with Gasteiger partial charge in [-0.05, 0) is 19.5 Å². The molecular weight excluding hydrogens is 140 g/mol. The first kappa shape index (κ1) is 6.79. The highest BCUT2D eigenvalue weighted by Gasteiger charge is 2.15. The van der Waals surface area contributed by atoms with Gasteiger partial charge in [-0.2, -0.15) is 0 Å². The van der Waals surface area contributed by atoms with E-state index >= 15 is 0 Å². The topological polar surface area (TPSA) is 34.0 Å². The second-order valence-electron chi connectivity index (χ2n) is 2.98. The van der Waals surface area contributed by atoms with Gasteiger partial charge >= 0.3 is 0 Å². The Kier molecular flexibility index (Phi) is 1.62. The molecule has 4 heteroatoms.